The van der Waals surface area contributed by atoms with Crippen LogP contribution in [0.4, 0.5) is 32.4 Å². The number of unbranched alkanes of at least 4 members (excludes halogenated alkanes) is 1. The molecule has 2 N–H and O–H groups in total. The molecule has 0 aliphatic heterocycles. The molecule has 0 saturated carbocycles. The van der Waals surface area contributed by atoms with Gasteiger partial charge >= 0.3 is 15.6 Å². The van der Waals surface area contributed by atoms with E-state index < -0.39 is 50.3 Å². The Morgan fingerprint density at radius 2 is 1.48 bits per heavy atom. The quantitative estimate of drug-likeness (QED) is 0.202. The standard InChI is InChI=1S/C15H21F5N2O4Si/c1-8(26-27(24-2)25-3)6-4-5-7-21-15(23)22-14-12(19)10(17)9(16)11(18)13(14)20/h8,27H,4-7H2,1-3H3,(H2,21,22,23). The number of carbonyl (C=O) groups is 1. The van der Waals surface area contributed by atoms with Crippen molar-refractivity contribution in [2.24, 2.45) is 0 Å². The van der Waals surface area contributed by atoms with Crippen LogP contribution in [0.3, 0.4) is 0 Å². The Morgan fingerprint density at radius 3 is 2.00 bits per heavy atom. The molecule has 0 bridgehead atoms. The first-order chi connectivity index (χ1) is 12.7. The summed E-state index contributed by atoms with van der Waals surface area (Å²) in [6, 6.07) is -1.09. The molecule has 0 heterocycles. The molecule has 1 rings (SSSR count). The van der Waals surface area contributed by atoms with Gasteiger partial charge in [0.1, 0.15) is 5.69 Å². The summed E-state index contributed by atoms with van der Waals surface area (Å²) in [6.07, 6.45) is 1.68. The minimum absolute atomic E-state index is 0.122. The number of amides is 2. The Morgan fingerprint density at radius 1 is 0.963 bits per heavy atom. The number of urea groups is 1. The van der Waals surface area contributed by atoms with Gasteiger partial charge in [0, 0.05) is 26.9 Å². The molecule has 27 heavy (non-hydrogen) atoms. The first-order valence-corrected chi connectivity index (χ1v) is 9.41. The molecule has 1 unspecified atom stereocenters. The molecule has 12 heteroatoms. The number of nitrogens with one attached hydrogen (secondary N) is 2. The molecule has 0 aliphatic carbocycles. The minimum Gasteiger partial charge on any atom is -0.379 e. The zero-order valence-corrected chi connectivity index (χ0v) is 16.2. The Balaban J connectivity index is 2.41. The summed E-state index contributed by atoms with van der Waals surface area (Å²) >= 11 is 0. The van der Waals surface area contributed by atoms with Crippen molar-refractivity contribution in [1.29, 1.82) is 0 Å². The van der Waals surface area contributed by atoms with Crippen molar-refractivity contribution in [2.45, 2.75) is 32.3 Å². The lowest BCUT2D eigenvalue weighted by atomic mass is 10.2. The zero-order chi connectivity index (χ0) is 20.6. The van der Waals surface area contributed by atoms with E-state index in [0.717, 1.165) is 0 Å². The van der Waals surface area contributed by atoms with Crippen LogP contribution in [-0.4, -0.2) is 42.4 Å². The van der Waals surface area contributed by atoms with Crippen molar-refractivity contribution in [3.05, 3.63) is 29.1 Å². The van der Waals surface area contributed by atoms with Gasteiger partial charge in [0.25, 0.3) is 0 Å². The maximum absolute atomic E-state index is 13.5. The third kappa shape index (κ3) is 6.72. The highest BCUT2D eigenvalue weighted by Gasteiger charge is 2.26. The second-order valence-electron chi connectivity index (χ2n) is 5.53. The fourth-order valence-electron chi connectivity index (χ4n) is 2.10. The predicted molar refractivity (Wildman–Crippen MR) is 88.8 cm³/mol. The van der Waals surface area contributed by atoms with Crippen LogP contribution in [0.1, 0.15) is 26.2 Å². The van der Waals surface area contributed by atoms with Gasteiger partial charge in [-0.05, 0) is 26.2 Å². The first-order valence-electron chi connectivity index (χ1n) is 8.00. The highest BCUT2D eigenvalue weighted by Crippen LogP contribution is 2.26. The summed E-state index contributed by atoms with van der Waals surface area (Å²) in [7, 11) is 0.847. The van der Waals surface area contributed by atoms with Gasteiger partial charge in [0.15, 0.2) is 23.3 Å². The molecule has 154 valence electrons. The van der Waals surface area contributed by atoms with Crippen LogP contribution in [0.25, 0.3) is 0 Å². The monoisotopic (exact) mass is 416 g/mol. The van der Waals surface area contributed by atoms with Crippen molar-refractivity contribution < 1.29 is 40.0 Å². The lowest BCUT2D eigenvalue weighted by molar-refractivity contribution is 0.0894. The molecular weight excluding hydrogens is 395 g/mol. The number of anilines is 1. The number of hydrogen-bond donors (Lipinski definition) is 2. The first kappa shape index (κ1) is 23.3. The van der Waals surface area contributed by atoms with Crippen molar-refractivity contribution in [1.82, 2.24) is 5.32 Å². The van der Waals surface area contributed by atoms with Crippen molar-refractivity contribution >= 4 is 21.2 Å². The molecule has 0 spiro atoms. The molecule has 1 aromatic rings. The number of halogens is 5. The Hall–Kier alpha value is -1.76. The second kappa shape index (κ2) is 11.2. The van der Waals surface area contributed by atoms with E-state index in [1.807, 2.05) is 6.92 Å². The lowest BCUT2D eigenvalue weighted by Crippen LogP contribution is -2.31. The van der Waals surface area contributed by atoms with Crippen molar-refractivity contribution in [2.75, 3.05) is 26.1 Å². The fourth-order valence-corrected chi connectivity index (χ4v) is 3.03. The molecule has 0 fully saturated rings. The maximum atomic E-state index is 13.5. The van der Waals surface area contributed by atoms with Gasteiger partial charge in [-0.2, -0.15) is 0 Å². The highest BCUT2D eigenvalue weighted by molar-refractivity contribution is 6.36. The van der Waals surface area contributed by atoms with Crippen LogP contribution in [0.5, 0.6) is 0 Å². The van der Waals surface area contributed by atoms with Gasteiger partial charge in [-0.25, -0.2) is 26.7 Å². The molecule has 2 amide bonds. The summed E-state index contributed by atoms with van der Waals surface area (Å²) in [5.74, 6) is -10.8. The third-order valence-electron chi connectivity index (χ3n) is 3.50. The van der Waals surface area contributed by atoms with E-state index in [1.54, 1.807) is 5.32 Å². The van der Waals surface area contributed by atoms with Gasteiger partial charge in [-0.3, -0.25) is 0 Å². The predicted octanol–water partition coefficient (Wildman–Crippen LogP) is 3.09. The number of hydrogen-bond acceptors (Lipinski definition) is 4. The van der Waals surface area contributed by atoms with E-state index in [0.29, 0.717) is 19.3 Å². The van der Waals surface area contributed by atoms with E-state index >= 15 is 0 Å². The Bertz CT molecular complexity index is 620. The lowest BCUT2D eigenvalue weighted by Gasteiger charge is -2.18. The van der Waals surface area contributed by atoms with Gasteiger partial charge in [-0.15, -0.1) is 0 Å². The van der Waals surface area contributed by atoms with Crippen LogP contribution in [0, 0.1) is 29.1 Å². The average Bonchev–Trinajstić information content (AvgIpc) is 2.66. The molecule has 0 radical (unpaired) electrons. The van der Waals surface area contributed by atoms with Crippen molar-refractivity contribution in [3.8, 4) is 0 Å². The minimum atomic E-state index is -2.29. The van der Waals surface area contributed by atoms with Crippen LogP contribution in [-0.2, 0) is 13.3 Å². The van der Waals surface area contributed by atoms with E-state index in [4.69, 9.17) is 13.3 Å². The molecule has 6 nitrogen and oxygen atoms in total. The largest absolute Gasteiger partial charge is 0.483 e. The fraction of sp³-hybridized carbons (Fsp3) is 0.533. The van der Waals surface area contributed by atoms with Crippen LogP contribution in [0.15, 0.2) is 0 Å². The summed E-state index contributed by atoms with van der Waals surface area (Å²) < 4.78 is 81.5. The zero-order valence-electron chi connectivity index (χ0n) is 15.0. The smallest absolute Gasteiger partial charge is 0.379 e. The third-order valence-corrected chi connectivity index (χ3v) is 4.96. The van der Waals surface area contributed by atoms with Crippen LogP contribution in [0.2, 0.25) is 0 Å². The normalized spacial score (nSPS) is 12.3. The topological polar surface area (TPSA) is 68.8 Å². The highest BCUT2D eigenvalue weighted by atomic mass is 28.3. The second-order valence-corrected chi connectivity index (χ2v) is 7.32. The van der Waals surface area contributed by atoms with Gasteiger partial charge in [0.05, 0.1) is 0 Å². The van der Waals surface area contributed by atoms with E-state index in [9.17, 15) is 26.7 Å². The Kier molecular flexibility index (Phi) is 9.62. The summed E-state index contributed by atoms with van der Waals surface area (Å²) in [4.78, 5) is 11.6. The van der Waals surface area contributed by atoms with Crippen molar-refractivity contribution in [3.63, 3.8) is 0 Å². The van der Waals surface area contributed by atoms with Gasteiger partial charge in [0.2, 0.25) is 5.82 Å². The molecular formula is C15H21F5N2O4Si. The summed E-state index contributed by atoms with van der Waals surface area (Å²) in [5.41, 5.74) is -1.40. The molecule has 1 aromatic carbocycles. The van der Waals surface area contributed by atoms with Gasteiger partial charge < -0.3 is 23.9 Å². The molecule has 0 aliphatic rings. The number of benzene rings is 1. The van der Waals surface area contributed by atoms with E-state index in [-0.39, 0.29) is 12.6 Å². The number of rotatable bonds is 10. The SMILES string of the molecule is CO[SiH](OC)OC(C)CCCCNC(=O)Nc1c(F)c(F)c(F)c(F)c1F. The van der Waals surface area contributed by atoms with Crippen LogP contribution >= 0.6 is 0 Å². The van der Waals surface area contributed by atoms with Gasteiger partial charge in [-0.1, -0.05) is 0 Å². The van der Waals surface area contributed by atoms with E-state index in [2.05, 4.69) is 5.32 Å². The summed E-state index contributed by atoms with van der Waals surface area (Å²) in [5, 5.41) is 3.90. The van der Waals surface area contributed by atoms with Crippen LogP contribution < -0.4 is 10.6 Å². The average molecular weight is 416 g/mol. The number of carbonyl (C=O) groups excluding carboxylic acids is 1. The van der Waals surface area contributed by atoms with E-state index in [1.165, 1.54) is 14.2 Å². The molecule has 1 atom stereocenters. The summed E-state index contributed by atoms with van der Waals surface area (Å²) in [6.45, 7) is 1.96. The Labute approximate surface area is 154 Å². The molecule has 0 saturated heterocycles. The maximum Gasteiger partial charge on any atom is 0.483 e. The molecule has 0 aromatic heterocycles.